The van der Waals surface area contributed by atoms with Crippen molar-refractivity contribution in [1.29, 1.82) is 5.39 Å². The van der Waals surface area contributed by atoms with Crippen LogP contribution in [0.1, 0.15) is 10.4 Å². The van der Waals surface area contributed by atoms with E-state index >= 15 is 0 Å². The Morgan fingerprint density at radius 2 is 1.91 bits per heavy atom. The molecule has 0 atom stereocenters. The largest absolute Gasteiger partial charge is 0.478 e. The van der Waals surface area contributed by atoms with Gasteiger partial charge < -0.3 is 5.11 Å². The Balaban J connectivity index is 3.03. The highest BCUT2D eigenvalue weighted by atomic mass is 16.4. The van der Waals surface area contributed by atoms with Crippen LogP contribution in [0.4, 0.5) is 5.69 Å². The van der Waals surface area contributed by atoms with Crippen molar-refractivity contribution in [3.8, 4) is 0 Å². The quantitative estimate of drug-likeness (QED) is 0.620. The van der Waals surface area contributed by atoms with Gasteiger partial charge in [-0.3, -0.25) is 0 Å². The molecule has 0 bridgehead atoms. The van der Waals surface area contributed by atoms with Crippen LogP contribution in [0.2, 0.25) is 0 Å². The summed E-state index contributed by atoms with van der Waals surface area (Å²) >= 11 is 0. The maximum atomic E-state index is 10.3. The lowest BCUT2D eigenvalue weighted by Crippen LogP contribution is -1.93. The molecular formula is C7H5N2O2+. The number of carboxylic acid groups (broad SMARTS) is 1. The lowest BCUT2D eigenvalue weighted by molar-refractivity contribution is 0.0697. The lowest BCUT2D eigenvalue weighted by atomic mass is 10.2. The average Bonchev–Trinajstić information content (AvgIpc) is 2.05. The number of carbonyl (C=O) groups is 1. The second-order valence-electron chi connectivity index (χ2n) is 1.95. The highest BCUT2D eigenvalue weighted by Crippen LogP contribution is 2.11. The molecule has 0 aliphatic rings. The molecule has 0 aromatic heterocycles. The molecule has 0 unspecified atom stereocenters. The van der Waals surface area contributed by atoms with Gasteiger partial charge in [-0.15, -0.1) is 0 Å². The van der Waals surface area contributed by atoms with E-state index in [2.05, 4.69) is 4.98 Å². The Morgan fingerprint density at radius 3 is 2.27 bits per heavy atom. The first-order chi connectivity index (χ1) is 5.24. The average molecular weight is 149 g/mol. The van der Waals surface area contributed by atoms with E-state index in [9.17, 15) is 4.79 Å². The third-order valence-electron chi connectivity index (χ3n) is 1.23. The Kier molecular flexibility index (Phi) is 1.83. The van der Waals surface area contributed by atoms with Gasteiger partial charge in [0.05, 0.1) is 5.56 Å². The Hall–Kier alpha value is -1.89. The van der Waals surface area contributed by atoms with E-state index in [-0.39, 0.29) is 5.56 Å². The molecule has 0 spiro atoms. The second-order valence-corrected chi connectivity index (χ2v) is 1.95. The van der Waals surface area contributed by atoms with Crippen molar-refractivity contribution >= 4 is 11.7 Å². The van der Waals surface area contributed by atoms with E-state index in [4.69, 9.17) is 10.5 Å². The molecule has 54 valence electrons. The number of hydrogen-bond donors (Lipinski definition) is 1. The molecule has 1 rings (SSSR count). The molecule has 0 fully saturated rings. The summed E-state index contributed by atoms with van der Waals surface area (Å²) in [7, 11) is 0. The summed E-state index contributed by atoms with van der Waals surface area (Å²) in [6.45, 7) is 0. The fourth-order valence-corrected chi connectivity index (χ4v) is 0.671. The Labute approximate surface area is 62.7 Å². The smallest absolute Gasteiger partial charge is 0.385 e. The van der Waals surface area contributed by atoms with Gasteiger partial charge in [0.15, 0.2) is 4.98 Å². The first kappa shape index (κ1) is 7.22. The summed E-state index contributed by atoms with van der Waals surface area (Å²) in [4.78, 5) is 13.2. The van der Waals surface area contributed by atoms with Crippen LogP contribution in [0, 0.1) is 5.39 Å². The third kappa shape index (κ3) is 1.52. The first-order valence-electron chi connectivity index (χ1n) is 2.92. The summed E-state index contributed by atoms with van der Waals surface area (Å²) in [6, 6.07) is 5.58. The molecule has 1 aromatic carbocycles. The van der Waals surface area contributed by atoms with Crippen LogP contribution in [0.5, 0.6) is 0 Å². The van der Waals surface area contributed by atoms with Gasteiger partial charge in [-0.05, 0) is 12.1 Å². The summed E-state index contributed by atoms with van der Waals surface area (Å²) in [5, 5.41) is 16.7. The van der Waals surface area contributed by atoms with Crippen molar-refractivity contribution in [3.63, 3.8) is 0 Å². The van der Waals surface area contributed by atoms with E-state index in [0.29, 0.717) is 5.69 Å². The number of carboxylic acids is 1. The predicted octanol–water partition coefficient (Wildman–Crippen LogP) is 1.87. The molecule has 0 heterocycles. The second kappa shape index (κ2) is 2.80. The number of rotatable bonds is 1. The maximum absolute atomic E-state index is 10.3. The molecule has 4 nitrogen and oxygen atoms in total. The molecular weight excluding hydrogens is 144 g/mol. The summed E-state index contributed by atoms with van der Waals surface area (Å²) in [5.41, 5.74) is 0.521. The van der Waals surface area contributed by atoms with Gasteiger partial charge in [0, 0.05) is 12.1 Å². The van der Waals surface area contributed by atoms with Crippen LogP contribution >= 0.6 is 0 Å². The SMILES string of the molecule is N#[N+]c1ccc(C(=O)O)cc1. The van der Waals surface area contributed by atoms with Crippen LogP contribution in [0.25, 0.3) is 4.98 Å². The van der Waals surface area contributed by atoms with E-state index in [1.54, 1.807) is 0 Å². The molecule has 0 aliphatic heterocycles. The summed E-state index contributed by atoms with van der Waals surface area (Å²) in [5.74, 6) is -0.991. The van der Waals surface area contributed by atoms with Gasteiger partial charge in [0.2, 0.25) is 5.39 Å². The number of benzene rings is 1. The van der Waals surface area contributed by atoms with Crippen LogP contribution in [0.3, 0.4) is 0 Å². The normalized spacial score (nSPS) is 8.64. The van der Waals surface area contributed by atoms with Gasteiger partial charge >= 0.3 is 11.7 Å². The molecule has 0 radical (unpaired) electrons. The molecule has 1 aromatic rings. The minimum Gasteiger partial charge on any atom is -0.478 e. The summed E-state index contributed by atoms with van der Waals surface area (Å²) in [6.07, 6.45) is 0. The van der Waals surface area contributed by atoms with Gasteiger partial charge in [0.1, 0.15) is 0 Å². The standard InChI is InChI=1S/C7H4N2O2/c8-9-6-3-1-5(2-4-6)7(10)11/h1-4H/p+1. The minimum atomic E-state index is -0.991. The topological polar surface area (TPSA) is 65.5 Å². The molecule has 0 aliphatic carbocycles. The third-order valence-corrected chi connectivity index (χ3v) is 1.23. The molecule has 4 heteroatoms. The Morgan fingerprint density at radius 1 is 1.36 bits per heavy atom. The number of aromatic carboxylic acids is 1. The van der Waals surface area contributed by atoms with E-state index in [0.717, 1.165) is 0 Å². The van der Waals surface area contributed by atoms with Gasteiger partial charge in [0.25, 0.3) is 0 Å². The fraction of sp³-hybridized carbons (Fsp3) is 0. The van der Waals surface area contributed by atoms with E-state index < -0.39 is 5.97 Å². The van der Waals surface area contributed by atoms with E-state index in [1.807, 2.05) is 0 Å². The fourth-order valence-electron chi connectivity index (χ4n) is 0.671. The predicted molar refractivity (Wildman–Crippen MR) is 38.1 cm³/mol. The zero-order valence-corrected chi connectivity index (χ0v) is 5.56. The van der Waals surface area contributed by atoms with Crippen LogP contribution in [0.15, 0.2) is 24.3 Å². The van der Waals surface area contributed by atoms with Crippen molar-refractivity contribution in [2.45, 2.75) is 0 Å². The molecule has 0 amide bonds. The molecule has 0 saturated carbocycles. The monoisotopic (exact) mass is 149 g/mol. The highest BCUT2D eigenvalue weighted by molar-refractivity contribution is 5.87. The van der Waals surface area contributed by atoms with Crippen LogP contribution in [-0.2, 0) is 0 Å². The van der Waals surface area contributed by atoms with E-state index in [1.165, 1.54) is 24.3 Å². The highest BCUT2D eigenvalue weighted by Gasteiger charge is 2.06. The number of hydrogen-bond acceptors (Lipinski definition) is 2. The maximum Gasteiger partial charge on any atom is 0.385 e. The molecule has 11 heavy (non-hydrogen) atoms. The van der Waals surface area contributed by atoms with Crippen LogP contribution in [-0.4, -0.2) is 11.1 Å². The Bertz CT molecular complexity index is 310. The minimum absolute atomic E-state index is 0.178. The molecule has 1 N–H and O–H groups in total. The van der Waals surface area contributed by atoms with Gasteiger partial charge in [-0.2, -0.15) is 0 Å². The van der Waals surface area contributed by atoms with Crippen molar-refractivity contribution in [2.75, 3.05) is 0 Å². The van der Waals surface area contributed by atoms with Crippen molar-refractivity contribution in [1.82, 2.24) is 0 Å². The van der Waals surface area contributed by atoms with Crippen molar-refractivity contribution in [2.24, 2.45) is 0 Å². The van der Waals surface area contributed by atoms with Gasteiger partial charge in [-0.1, -0.05) is 0 Å². The zero-order chi connectivity index (χ0) is 8.27. The number of diazo groups is 1. The molecule has 0 saturated heterocycles. The van der Waals surface area contributed by atoms with Crippen molar-refractivity contribution in [3.05, 3.63) is 34.8 Å². The zero-order valence-electron chi connectivity index (χ0n) is 5.56. The van der Waals surface area contributed by atoms with Crippen LogP contribution < -0.4 is 0 Å². The van der Waals surface area contributed by atoms with Gasteiger partial charge in [-0.25, -0.2) is 4.79 Å². The van der Waals surface area contributed by atoms with Crippen molar-refractivity contribution < 1.29 is 9.90 Å². The first-order valence-corrected chi connectivity index (χ1v) is 2.92. The summed E-state index contributed by atoms with van der Waals surface area (Å²) < 4.78 is 0. The lowest BCUT2D eigenvalue weighted by Gasteiger charge is -1.87. The number of nitrogens with zero attached hydrogens (tertiary/aromatic N) is 2.